The van der Waals surface area contributed by atoms with E-state index in [0.717, 1.165) is 17.0 Å². The van der Waals surface area contributed by atoms with Crippen molar-refractivity contribution >= 4 is 17.3 Å². The lowest BCUT2D eigenvalue weighted by atomic mass is 10.1. The highest BCUT2D eigenvalue weighted by molar-refractivity contribution is 6.07. The number of nitrogen functional groups attached to an aromatic ring is 1. The lowest BCUT2D eigenvalue weighted by Gasteiger charge is -2.20. The topological polar surface area (TPSA) is 55.6 Å². The third kappa shape index (κ3) is 2.65. The molecule has 2 aromatic rings. The fourth-order valence-corrected chi connectivity index (χ4v) is 1.95. The molecule has 110 valence electrons. The molecule has 4 nitrogen and oxygen atoms in total. The van der Waals surface area contributed by atoms with Gasteiger partial charge in [-0.05, 0) is 24.3 Å². The second-order valence-electron chi connectivity index (χ2n) is 4.36. The number of rotatable bonds is 3. The van der Waals surface area contributed by atoms with Crippen LogP contribution in [0.15, 0.2) is 36.4 Å². The molecule has 1 amide bonds. The smallest absolute Gasteiger partial charge is 0.264 e. The van der Waals surface area contributed by atoms with E-state index in [-0.39, 0.29) is 5.69 Å². The van der Waals surface area contributed by atoms with E-state index in [9.17, 15) is 13.6 Å². The Labute approximate surface area is 120 Å². The minimum absolute atomic E-state index is 0.284. The van der Waals surface area contributed by atoms with Crippen molar-refractivity contribution in [1.29, 1.82) is 0 Å². The van der Waals surface area contributed by atoms with Gasteiger partial charge < -0.3 is 15.4 Å². The highest BCUT2D eigenvalue weighted by Crippen LogP contribution is 2.29. The molecular weight excluding hydrogens is 278 g/mol. The number of carbonyl (C=O) groups excluding carboxylic acids is 1. The van der Waals surface area contributed by atoms with Gasteiger partial charge in [-0.1, -0.05) is 12.1 Å². The second kappa shape index (κ2) is 5.78. The van der Waals surface area contributed by atoms with Crippen molar-refractivity contribution in [1.82, 2.24) is 0 Å². The molecule has 0 unspecified atom stereocenters. The molecule has 0 spiro atoms. The average molecular weight is 292 g/mol. The zero-order chi connectivity index (χ0) is 15.6. The lowest BCUT2D eigenvalue weighted by Crippen LogP contribution is -2.28. The Kier molecular flexibility index (Phi) is 4.07. The van der Waals surface area contributed by atoms with Crippen LogP contribution in [0, 0.1) is 11.6 Å². The van der Waals surface area contributed by atoms with Crippen molar-refractivity contribution in [2.24, 2.45) is 0 Å². The van der Waals surface area contributed by atoms with Gasteiger partial charge in [0.15, 0.2) is 5.82 Å². The first-order chi connectivity index (χ1) is 9.97. The summed E-state index contributed by atoms with van der Waals surface area (Å²) < 4.78 is 32.8. The SMILES string of the molecule is COc1ccccc1N(C)C(=O)c1c(F)ccc(N)c1F. The molecule has 0 saturated carbocycles. The summed E-state index contributed by atoms with van der Waals surface area (Å²) in [7, 11) is 2.85. The van der Waals surface area contributed by atoms with Crippen LogP contribution in [0.1, 0.15) is 10.4 Å². The highest BCUT2D eigenvalue weighted by Gasteiger charge is 2.24. The van der Waals surface area contributed by atoms with Gasteiger partial charge >= 0.3 is 0 Å². The molecule has 0 saturated heterocycles. The minimum Gasteiger partial charge on any atom is -0.495 e. The quantitative estimate of drug-likeness (QED) is 0.885. The number of nitrogens with zero attached hydrogens (tertiary/aromatic N) is 1. The summed E-state index contributed by atoms with van der Waals surface area (Å²) in [6.07, 6.45) is 0. The van der Waals surface area contributed by atoms with Gasteiger partial charge in [0.1, 0.15) is 17.1 Å². The summed E-state index contributed by atoms with van der Waals surface area (Å²) in [4.78, 5) is 13.5. The number of benzene rings is 2. The Bertz CT molecular complexity index is 689. The lowest BCUT2D eigenvalue weighted by molar-refractivity contribution is 0.0984. The molecule has 0 bridgehead atoms. The molecule has 0 aliphatic heterocycles. The van der Waals surface area contributed by atoms with E-state index in [1.54, 1.807) is 24.3 Å². The zero-order valence-electron chi connectivity index (χ0n) is 11.6. The van der Waals surface area contributed by atoms with Crippen LogP contribution in [0.5, 0.6) is 5.75 Å². The van der Waals surface area contributed by atoms with Crippen LogP contribution in [-0.4, -0.2) is 20.1 Å². The van der Waals surface area contributed by atoms with E-state index >= 15 is 0 Å². The highest BCUT2D eigenvalue weighted by atomic mass is 19.1. The standard InChI is InChI=1S/C15H14F2N2O2/c1-19(11-5-3-4-6-12(11)21-2)15(20)13-9(16)7-8-10(18)14(13)17/h3-8H,18H2,1-2H3. The maximum Gasteiger partial charge on any atom is 0.264 e. The molecule has 0 heterocycles. The fourth-order valence-electron chi connectivity index (χ4n) is 1.95. The van der Waals surface area contributed by atoms with Crippen molar-refractivity contribution < 1.29 is 18.3 Å². The number of nitrogens with two attached hydrogens (primary N) is 1. The van der Waals surface area contributed by atoms with E-state index in [1.165, 1.54) is 14.2 Å². The number of hydrogen-bond acceptors (Lipinski definition) is 3. The number of ether oxygens (including phenoxy) is 1. The molecule has 2 rings (SSSR count). The molecule has 0 aliphatic rings. The fraction of sp³-hybridized carbons (Fsp3) is 0.133. The van der Waals surface area contributed by atoms with Gasteiger partial charge in [0.25, 0.3) is 5.91 Å². The van der Waals surface area contributed by atoms with Gasteiger partial charge in [0.05, 0.1) is 18.5 Å². The average Bonchev–Trinajstić information content (AvgIpc) is 2.50. The summed E-state index contributed by atoms with van der Waals surface area (Å²) in [5, 5.41) is 0. The molecule has 2 N–H and O–H groups in total. The van der Waals surface area contributed by atoms with Crippen molar-refractivity contribution in [2.45, 2.75) is 0 Å². The first-order valence-electron chi connectivity index (χ1n) is 6.12. The number of halogens is 2. The monoisotopic (exact) mass is 292 g/mol. The molecule has 6 heteroatoms. The molecule has 0 atom stereocenters. The van der Waals surface area contributed by atoms with E-state index in [4.69, 9.17) is 10.5 Å². The first kappa shape index (κ1) is 14.8. The Hall–Kier alpha value is -2.63. The number of hydrogen-bond donors (Lipinski definition) is 1. The van der Waals surface area contributed by atoms with Gasteiger partial charge in [-0.15, -0.1) is 0 Å². The van der Waals surface area contributed by atoms with Crippen LogP contribution in [0.4, 0.5) is 20.2 Å². The summed E-state index contributed by atoms with van der Waals surface area (Å²) in [6.45, 7) is 0. The van der Waals surface area contributed by atoms with E-state index in [1.807, 2.05) is 0 Å². The van der Waals surface area contributed by atoms with Crippen molar-refractivity contribution in [3.8, 4) is 5.75 Å². The number of para-hydroxylation sites is 2. The van der Waals surface area contributed by atoms with Crippen LogP contribution in [0.2, 0.25) is 0 Å². The van der Waals surface area contributed by atoms with Crippen LogP contribution in [-0.2, 0) is 0 Å². The Morgan fingerprint density at radius 2 is 1.86 bits per heavy atom. The largest absolute Gasteiger partial charge is 0.495 e. The van der Waals surface area contributed by atoms with Crippen molar-refractivity contribution in [3.05, 3.63) is 53.6 Å². The van der Waals surface area contributed by atoms with Crippen LogP contribution < -0.4 is 15.4 Å². The van der Waals surface area contributed by atoms with Crippen LogP contribution in [0.3, 0.4) is 0 Å². The molecule has 21 heavy (non-hydrogen) atoms. The molecule has 0 fully saturated rings. The number of carbonyl (C=O) groups is 1. The molecular formula is C15H14F2N2O2. The van der Waals surface area contributed by atoms with Gasteiger partial charge in [-0.3, -0.25) is 4.79 Å². The van der Waals surface area contributed by atoms with Crippen molar-refractivity contribution in [2.75, 3.05) is 24.8 Å². The number of methoxy groups -OCH3 is 1. The Morgan fingerprint density at radius 3 is 2.52 bits per heavy atom. The molecule has 0 aliphatic carbocycles. The summed E-state index contributed by atoms with van der Waals surface area (Å²) in [5.74, 6) is -2.46. The number of anilines is 2. The van der Waals surface area contributed by atoms with Crippen LogP contribution >= 0.6 is 0 Å². The first-order valence-corrected chi connectivity index (χ1v) is 6.12. The Balaban J connectivity index is 2.47. The Morgan fingerprint density at radius 1 is 1.19 bits per heavy atom. The summed E-state index contributed by atoms with van der Waals surface area (Å²) in [5.41, 5.74) is 4.80. The van der Waals surface area contributed by atoms with Crippen molar-refractivity contribution in [3.63, 3.8) is 0 Å². The zero-order valence-corrected chi connectivity index (χ0v) is 11.6. The van der Waals surface area contributed by atoms with Gasteiger partial charge in [-0.2, -0.15) is 0 Å². The third-order valence-corrected chi connectivity index (χ3v) is 3.09. The molecule has 2 aromatic carbocycles. The summed E-state index contributed by atoms with van der Waals surface area (Å²) >= 11 is 0. The summed E-state index contributed by atoms with van der Waals surface area (Å²) in [6, 6.07) is 8.70. The maximum atomic E-state index is 13.9. The van der Waals surface area contributed by atoms with E-state index < -0.39 is 23.1 Å². The van der Waals surface area contributed by atoms with Gasteiger partial charge in [0.2, 0.25) is 0 Å². The predicted molar refractivity (Wildman–Crippen MR) is 76.5 cm³/mol. The van der Waals surface area contributed by atoms with E-state index in [2.05, 4.69) is 0 Å². The van der Waals surface area contributed by atoms with Crippen LogP contribution in [0.25, 0.3) is 0 Å². The number of amides is 1. The molecule has 0 radical (unpaired) electrons. The maximum absolute atomic E-state index is 13.9. The minimum atomic E-state index is -1.07. The molecule has 0 aromatic heterocycles. The van der Waals surface area contributed by atoms with Gasteiger partial charge in [-0.25, -0.2) is 8.78 Å². The third-order valence-electron chi connectivity index (χ3n) is 3.09. The second-order valence-corrected chi connectivity index (χ2v) is 4.36. The van der Waals surface area contributed by atoms with Gasteiger partial charge in [0, 0.05) is 7.05 Å². The van der Waals surface area contributed by atoms with E-state index in [0.29, 0.717) is 11.4 Å². The predicted octanol–water partition coefficient (Wildman–Crippen LogP) is 2.83. The normalized spacial score (nSPS) is 10.3.